The van der Waals surface area contributed by atoms with E-state index in [-0.39, 0.29) is 18.0 Å². The molecule has 0 radical (unpaired) electrons. The first kappa shape index (κ1) is 13.8. The fraction of sp³-hybridized carbons (Fsp3) is 0.500. The van der Waals surface area contributed by atoms with E-state index in [1.165, 1.54) is 12.1 Å². The Morgan fingerprint density at radius 2 is 2.37 bits per heavy atom. The smallest absolute Gasteiger partial charge is 0.319 e. The Labute approximate surface area is 112 Å². The summed E-state index contributed by atoms with van der Waals surface area (Å²) in [4.78, 5) is 11.7. The van der Waals surface area contributed by atoms with Crippen LogP contribution < -0.4 is 10.6 Å². The quantitative estimate of drug-likeness (QED) is 0.883. The molecule has 5 heteroatoms. The zero-order valence-corrected chi connectivity index (χ0v) is 11.0. The molecule has 1 heterocycles. The first-order chi connectivity index (χ1) is 9.13. The van der Waals surface area contributed by atoms with Gasteiger partial charge in [0.1, 0.15) is 5.82 Å². The highest BCUT2D eigenvalue weighted by Gasteiger charge is 2.19. The molecule has 1 aromatic rings. The molecule has 0 aliphatic carbocycles. The van der Waals surface area contributed by atoms with Gasteiger partial charge in [-0.25, -0.2) is 9.18 Å². The van der Waals surface area contributed by atoms with Gasteiger partial charge in [-0.2, -0.15) is 0 Å². The Kier molecular flexibility index (Phi) is 4.74. The molecule has 2 amide bonds. The average molecular weight is 266 g/mol. The van der Waals surface area contributed by atoms with Gasteiger partial charge in [0.05, 0.1) is 6.10 Å². The van der Waals surface area contributed by atoms with Gasteiger partial charge in [0, 0.05) is 18.8 Å². The molecule has 1 fully saturated rings. The van der Waals surface area contributed by atoms with E-state index in [1.807, 2.05) is 6.92 Å². The van der Waals surface area contributed by atoms with Gasteiger partial charge >= 0.3 is 6.03 Å². The lowest BCUT2D eigenvalue weighted by Gasteiger charge is -2.27. The molecule has 1 aliphatic rings. The summed E-state index contributed by atoms with van der Waals surface area (Å²) in [7, 11) is 0. The molecule has 2 N–H and O–H groups in total. The lowest BCUT2D eigenvalue weighted by atomic mass is 9.96. The van der Waals surface area contributed by atoms with Crippen LogP contribution in [0.2, 0.25) is 0 Å². The van der Waals surface area contributed by atoms with Crippen molar-refractivity contribution < 1.29 is 13.9 Å². The number of hydrogen-bond donors (Lipinski definition) is 2. The molecular formula is C14H19FN2O2. The molecule has 1 saturated heterocycles. The molecule has 0 bridgehead atoms. The number of carbonyl (C=O) groups is 1. The molecule has 2 unspecified atom stereocenters. The predicted molar refractivity (Wildman–Crippen MR) is 71.6 cm³/mol. The third kappa shape index (κ3) is 4.52. The van der Waals surface area contributed by atoms with Crippen molar-refractivity contribution in [3.05, 3.63) is 30.1 Å². The highest BCUT2D eigenvalue weighted by atomic mass is 19.1. The normalized spacial score (nSPS) is 22.8. The molecule has 0 saturated carbocycles. The van der Waals surface area contributed by atoms with Gasteiger partial charge in [0.25, 0.3) is 0 Å². The van der Waals surface area contributed by atoms with Crippen LogP contribution in [0, 0.1) is 11.7 Å². The number of amides is 2. The van der Waals surface area contributed by atoms with Crippen LogP contribution in [0.15, 0.2) is 24.3 Å². The SMILES string of the molecule is CC1CC(CNC(=O)Nc2cccc(F)c2)CCO1. The fourth-order valence-corrected chi connectivity index (χ4v) is 2.26. The van der Waals surface area contributed by atoms with E-state index in [1.54, 1.807) is 12.1 Å². The summed E-state index contributed by atoms with van der Waals surface area (Å²) in [5.41, 5.74) is 0.456. The summed E-state index contributed by atoms with van der Waals surface area (Å²) in [6.45, 7) is 3.41. The maximum absolute atomic E-state index is 13.0. The van der Waals surface area contributed by atoms with Gasteiger partial charge in [-0.1, -0.05) is 6.07 Å². The number of urea groups is 1. The van der Waals surface area contributed by atoms with Crippen molar-refractivity contribution >= 4 is 11.7 Å². The molecule has 104 valence electrons. The van der Waals surface area contributed by atoms with Crippen molar-refractivity contribution in [2.75, 3.05) is 18.5 Å². The number of anilines is 1. The van der Waals surface area contributed by atoms with E-state index in [0.29, 0.717) is 18.2 Å². The summed E-state index contributed by atoms with van der Waals surface area (Å²) >= 11 is 0. The Morgan fingerprint density at radius 1 is 1.53 bits per heavy atom. The van der Waals surface area contributed by atoms with E-state index in [0.717, 1.165) is 19.4 Å². The van der Waals surface area contributed by atoms with E-state index >= 15 is 0 Å². The van der Waals surface area contributed by atoms with Crippen molar-refractivity contribution in [1.29, 1.82) is 0 Å². The number of benzene rings is 1. The summed E-state index contributed by atoms with van der Waals surface area (Å²) < 4.78 is 18.4. The first-order valence-electron chi connectivity index (χ1n) is 6.55. The maximum atomic E-state index is 13.0. The van der Waals surface area contributed by atoms with Crippen LogP contribution in [-0.2, 0) is 4.74 Å². The van der Waals surface area contributed by atoms with Crippen LogP contribution in [0.3, 0.4) is 0 Å². The van der Waals surface area contributed by atoms with Gasteiger partial charge in [-0.05, 0) is 43.9 Å². The zero-order chi connectivity index (χ0) is 13.7. The summed E-state index contributed by atoms with van der Waals surface area (Å²) in [5.74, 6) is 0.0815. The van der Waals surface area contributed by atoms with Crippen molar-refractivity contribution in [2.24, 2.45) is 5.92 Å². The fourth-order valence-electron chi connectivity index (χ4n) is 2.26. The van der Waals surface area contributed by atoms with Crippen LogP contribution in [-0.4, -0.2) is 25.3 Å². The van der Waals surface area contributed by atoms with E-state index in [9.17, 15) is 9.18 Å². The van der Waals surface area contributed by atoms with Crippen LogP contribution in [0.4, 0.5) is 14.9 Å². The first-order valence-corrected chi connectivity index (χ1v) is 6.55. The Bertz CT molecular complexity index is 439. The molecule has 2 atom stereocenters. The van der Waals surface area contributed by atoms with Crippen LogP contribution in [0.1, 0.15) is 19.8 Å². The topological polar surface area (TPSA) is 50.4 Å². The summed E-state index contributed by atoms with van der Waals surface area (Å²) in [5, 5.41) is 5.43. The van der Waals surface area contributed by atoms with Gasteiger partial charge < -0.3 is 15.4 Å². The summed E-state index contributed by atoms with van der Waals surface area (Å²) in [6.07, 6.45) is 2.18. The van der Waals surface area contributed by atoms with Crippen molar-refractivity contribution in [2.45, 2.75) is 25.9 Å². The third-order valence-electron chi connectivity index (χ3n) is 3.23. The molecular weight excluding hydrogens is 247 g/mol. The van der Waals surface area contributed by atoms with Crippen molar-refractivity contribution in [1.82, 2.24) is 5.32 Å². The number of hydrogen-bond acceptors (Lipinski definition) is 2. The lowest BCUT2D eigenvalue weighted by Crippen LogP contribution is -2.36. The average Bonchev–Trinajstić information content (AvgIpc) is 2.36. The van der Waals surface area contributed by atoms with Crippen LogP contribution >= 0.6 is 0 Å². The molecule has 1 aromatic carbocycles. The molecule has 2 rings (SSSR count). The van der Waals surface area contributed by atoms with Gasteiger partial charge in [0.2, 0.25) is 0 Å². The van der Waals surface area contributed by atoms with Gasteiger partial charge in [-0.3, -0.25) is 0 Å². The van der Waals surface area contributed by atoms with Gasteiger partial charge in [-0.15, -0.1) is 0 Å². The number of carbonyl (C=O) groups excluding carboxylic acids is 1. The monoisotopic (exact) mass is 266 g/mol. The second kappa shape index (κ2) is 6.52. The minimum Gasteiger partial charge on any atom is -0.378 e. The van der Waals surface area contributed by atoms with Gasteiger partial charge in [0.15, 0.2) is 0 Å². The maximum Gasteiger partial charge on any atom is 0.319 e. The highest BCUT2D eigenvalue weighted by molar-refractivity contribution is 5.89. The second-order valence-corrected chi connectivity index (χ2v) is 4.92. The molecule has 1 aliphatic heterocycles. The summed E-state index contributed by atoms with van der Waals surface area (Å²) in [6, 6.07) is 5.54. The van der Waals surface area contributed by atoms with E-state index in [2.05, 4.69) is 10.6 Å². The Hall–Kier alpha value is -1.62. The van der Waals surface area contributed by atoms with Crippen molar-refractivity contribution in [3.63, 3.8) is 0 Å². The largest absolute Gasteiger partial charge is 0.378 e. The highest BCUT2D eigenvalue weighted by Crippen LogP contribution is 2.19. The number of ether oxygens (including phenoxy) is 1. The zero-order valence-electron chi connectivity index (χ0n) is 11.0. The number of rotatable bonds is 3. The third-order valence-corrected chi connectivity index (χ3v) is 3.23. The van der Waals surface area contributed by atoms with Crippen molar-refractivity contribution in [3.8, 4) is 0 Å². The molecule has 0 spiro atoms. The number of halogens is 1. The van der Waals surface area contributed by atoms with E-state index < -0.39 is 0 Å². The Balaban J connectivity index is 1.75. The molecule has 19 heavy (non-hydrogen) atoms. The predicted octanol–water partition coefficient (Wildman–Crippen LogP) is 2.76. The van der Waals surface area contributed by atoms with Crippen LogP contribution in [0.25, 0.3) is 0 Å². The lowest BCUT2D eigenvalue weighted by molar-refractivity contribution is 0.00354. The second-order valence-electron chi connectivity index (χ2n) is 4.92. The minimum atomic E-state index is -0.365. The van der Waals surface area contributed by atoms with E-state index in [4.69, 9.17) is 4.74 Å². The standard InChI is InChI=1S/C14H19FN2O2/c1-10-7-11(5-6-19-10)9-16-14(18)17-13-4-2-3-12(15)8-13/h2-4,8,10-11H,5-7,9H2,1H3,(H2,16,17,18). The number of nitrogens with one attached hydrogen (secondary N) is 2. The molecule has 0 aromatic heterocycles. The van der Waals surface area contributed by atoms with Crippen LogP contribution in [0.5, 0.6) is 0 Å². The Morgan fingerprint density at radius 3 is 3.11 bits per heavy atom. The minimum absolute atomic E-state index is 0.256. The molecule has 4 nitrogen and oxygen atoms in total.